The fourth-order valence-corrected chi connectivity index (χ4v) is 1.42. The summed E-state index contributed by atoms with van der Waals surface area (Å²) < 4.78 is 0. The molecule has 82 valence electrons. The molecule has 0 saturated carbocycles. The molecule has 0 saturated heterocycles. The van der Waals surface area contributed by atoms with Crippen molar-refractivity contribution < 1.29 is 0 Å². The highest BCUT2D eigenvalue weighted by molar-refractivity contribution is 5.59. The summed E-state index contributed by atoms with van der Waals surface area (Å²) >= 11 is 0. The third-order valence-electron chi connectivity index (χ3n) is 2.00. The Balaban J connectivity index is 2.27. The van der Waals surface area contributed by atoms with E-state index in [9.17, 15) is 0 Å². The zero-order valence-electron chi connectivity index (χ0n) is 9.23. The molecule has 0 spiro atoms. The molecule has 5 nitrogen and oxygen atoms in total. The van der Waals surface area contributed by atoms with Crippen molar-refractivity contribution in [3.63, 3.8) is 0 Å². The van der Waals surface area contributed by atoms with E-state index >= 15 is 0 Å². The molecule has 2 aromatic rings. The zero-order chi connectivity index (χ0) is 11.5. The normalized spacial score (nSPS) is 10.1. The predicted octanol–water partition coefficient (Wildman–Crippen LogP) is 1.81. The van der Waals surface area contributed by atoms with Crippen LogP contribution in [-0.2, 0) is 0 Å². The quantitative estimate of drug-likeness (QED) is 0.747. The number of hydrogen-bond acceptors (Lipinski definition) is 5. The topological polar surface area (TPSA) is 76.7 Å². The van der Waals surface area contributed by atoms with Gasteiger partial charge >= 0.3 is 0 Å². The molecule has 0 radical (unpaired) electrons. The van der Waals surface area contributed by atoms with Gasteiger partial charge in [-0.3, -0.25) is 0 Å². The molecule has 2 rings (SSSR count). The monoisotopic (exact) mass is 215 g/mol. The van der Waals surface area contributed by atoms with Gasteiger partial charge in [-0.05, 0) is 32.0 Å². The van der Waals surface area contributed by atoms with E-state index in [0.717, 1.165) is 5.69 Å². The summed E-state index contributed by atoms with van der Waals surface area (Å²) in [6.07, 6.45) is 0. The van der Waals surface area contributed by atoms with Gasteiger partial charge in [0, 0.05) is 11.4 Å². The fraction of sp³-hybridized carbons (Fsp3) is 0.182. The van der Waals surface area contributed by atoms with Crippen LogP contribution in [0.4, 0.5) is 17.3 Å². The van der Waals surface area contributed by atoms with Crippen LogP contribution in [0, 0.1) is 13.8 Å². The van der Waals surface area contributed by atoms with Gasteiger partial charge in [0.05, 0.1) is 0 Å². The lowest BCUT2D eigenvalue weighted by atomic mass is 10.3. The average molecular weight is 215 g/mol. The van der Waals surface area contributed by atoms with E-state index < -0.39 is 0 Å². The second-order valence-corrected chi connectivity index (χ2v) is 3.50. The van der Waals surface area contributed by atoms with E-state index in [-0.39, 0.29) is 0 Å². The Bertz CT molecular complexity index is 489. The molecular formula is C11H13N5. The second kappa shape index (κ2) is 4.14. The van der Waals surface area contributed by atoms with Crippen LogP contribution < -0.4 is 11.1 Å². The number of benzene rings is 1. The minimum Gasteiger partial charge on any atom is -0.399 e. The molecule has 5 heteroatoms. The summed E-state index contributed by atoms with van der Waals surface area (Å²) in [5.41, 5.74) is 7.25. The van der Waals surface area contributed by atoms with Crippen molar-refractivity contribution in [1.29, 1.82) is 0 Å². The number of aryl methyl sites for hydroxylation is 2. The lowest BCUT2D eigenvalue weighted by Gasteiger charge is -2.06. The molecule has 0 aliphatic rings. The average Bonchev–Trinajstić information content (AvgIpc) is 2.15. The molecule has 0 aliphatic heterocycles. The molecule has 1 aromatic heterocycles. The van der Waals surface area contributed by atoms with Gasteiger partial charge < -0.3 is 11.1 Å². The Morgan fingerprint density at radius 1 is 1.06 bits per heavy atom. The minimum atomic E-state index is 0.538. The van der Waals surface area contributed by atoms with Crippen LogP contribution in [0.25, 0.3) is 0 Å². The van der Waals surface area contributed by atoms with Gasteiger partial charge in [0.2, 0.25) is 5.95 Å². The Morgan fingerprint density at radius 3 is 2.38 bits per heavy atom. The SMILES string of the molecule is Cc1nc(C)nc(Nc2cccc(N)c2)n1. The van der Waals surface area contributed by atoms with E-state index in [1.807, 2.05) is 38.1 Å². The van der Waals surface area contributed by atoms with Crippen molar-refractivity contribution in [2.24, 2.45) is 0 Å². The summed E-state index contributed by atoms with van der Waals surface area (Å²) in [6, 6.07) is 7.44. The number of hydrogen-bond donors (Lipinski definition) is 2. The van der Waals surface area contributed by atoms with Crippen molar-refractivity contribution in [2.75, 3.05) is 11.1 Å². The minimum absolute atomic E-state index is 0.538. The maximum atomic E-state index is 5.68. The van der Waals surface area contributed by atoms with Gasteiger partial charge in [0.1, 0.15) is 11.6 Å². The molecule has 1 heterocycles. The number of nitrogens with one attached hydrogen (secondary N) is 1. The van der Waals surface area contributed by atoms with Gasteiger partial charge in [0.15, 0.2) is 0 Å². The first-order valence-corrected chi connectivity index (χ1v) is 4.95. The summed E-state index contributed by atoms with van der Waals surface area (Å²) in [6.45, 7) is 3.67. The van der Waals surface area contributed by atoms with Gasteiger partial charge in [-0.15, -0.1) is 0 Å². The number of nitrogens with two attached hydrogens (primary N) is 1. The Kier molecular flexibility index (Phi) is 2.68. The first kappa shape index (κ1) is 10.4. The summed E-state index contributed by atoms with van der Waals surface area (Å²) in [5.74, 6) is 1.92. The molecule has 0 amide bonds. The summed E-state index contributed by atoms with van der Waals surface area (Å²) in [5, 5.41) is 3.08. The summed E-state index contributed by atoms with van der Waals surface area (Å²) in [7, 11) is 0. The van der Waals surface area contributed by atoms with Crippen molar-refractivity contribution in [1.82, 2.24) is 15.0 Å². The molecule has 0 atom stereocenters. The maximum absolute atomic E-state index is 5.68. The Morgan fingerprint density at radius 2 is 1.75 bits per heavy atom. The van der Waals surface area contributed by atoms with E-state index in [2.05, 4.69) is 20.3 Å². The number of aromatic nitrogens is 3. The number of nitrogens with zero attached hydrogens (tertiary/aromatic N) is 3. The van der Waals surface area contributed by atoms with Crippen molar-refractivity contribution in [3.8, 4) is 0 Å². The lowest BCUT2D eigenvalue weighted by molar-refractivity contribution is 0.928. The lowest BCUT2D eigenvalue weighted by Crippen LogP contribution is -2.02. The van der Waals surface area contributed by atoms with Crippen LogP contribution in [0.15, 0.2) is 24.3 Å². The second-order valence-electron chi connectivity index (χ2n) is 3.50. The highest BCUT2D eigenvalue weighted by Crippen LogP contribution is 2.15. The third kappa shape index (κ3) is 2.44. The van der Waals surface area contributed by atoms with E-state index in [1.54, 1.807) is 0 Å². The first-order valence-electron chi connectivity index (χ1n) is 4.95. The van der Waals surface area contributed by atoms with Gasteiger partial charge in [-0.2, -0.15) is 9.97 Å². The third-order valence-corrected chi connectivity index (χ3v) is 2.00. The molecule has 0 unspecified atom stereocenters. The molecular weight excluding hydrogens is 202 g/mol. The standard InChI is InChI=1S/C11H13N5/c1-7-13-8(2)15-11(14-7)16-10-5-3-4-9(12)6-10/h3-6H,12H2,1-2H3,(H,13,14,15,16). The highest BCUT2D eigenvalue weighted by atomic mass is 15.2. The largest absolute Gasteiger partial charge is 0.399 e. The molecule has 1 aromatic carbocycles. The van der Waals surface area contributed by atoms with E-state index in [1.165, 1.54) is 0 Å². The van der Waals surface area contributed by atoms with Gasteiger partial charge in [0.25, 0.3) is 0 Å². The van der Waals surface area contributed by atoms with E-state index in [4.69, 9.17) is 5.73 Å². The molecule has 3 N–H and O–H groups in total. The number of nitrogen functional groups attached to an aromatic ring is 1. The van der Waals surface area contributed by atoms with Crippen molar-refractivity contribution in [2.45, 2.75) is 13.8 Å². The Hall–Kier alpha value is -2.17. The fourth-order valence-electron chi connectivity index (χ4n) is 1.42. The van der Waals surface area contributed by atoms with Crippen molar-refractivity contribution >= 4 is 17.3 Å². The molecule has 0 bridgehead atoms. The van der Waals surface area contributed by atoms with Gasteiger partial charge in [-0.25, -0.2) is 4.98 Å². The highest BCUT2D eigenvalue weighted by Gasteiger charge is 2.01. The van der Waals surface area contributed by atoms with Crippen LogP contribution >= 0.6 is 0 Å². The summed E-state index contributed by atoms with van der Waals surface area (Å²) in [4.78, 5) is 12.5. The Labute approximate surface area is 93.8 Å². The molecule has 16 heavy (non-hydrogen) atoms. The number of rotatable bonds is 2. The van der Waals surface area contributed by atoms with Crippen LogP contribution in [0.2, 0.25) is 0 Å². The maximum Gasteiger partial charge on any atom is 0.230 e. The first-order chi connectivity index (χ1) is 7.63. The smallest absolute Gasteiger partial charge is 0.230 e. The van der Waals surface area contributed by atoms with Crippen LogP contribution in [0.1, 0.15) is 11.6 Å². The number of anilines is 3. The van der Waals surface area contributed by atoms with Gasteiger partial charge in [-0.1, -0.05) is 6.07 Å². The van der Waals surface area contributed by atoms with Crippen LogP contribution in [-0.4, -0.2) is 15.0 Å². The van der Waals surface area contributed by atoms with Crippen molar-refractivity contribution in [3.05, 3.63) is 35.9 Å². The van der Waals surface area contributed by atoms with Crippen LogP contribution in [0.5, 0.6) is 0 Å². The van der Waals surface area contributed by atoms with Crippen LogP contribution in [0.3, 0.4) is 0 Å². The van der Waals surface area contributed by atoms with E-state index in [0.29, 0.717) is 23.3 Å². The molecule has 0 aliphatic carbocycles. The predicted molar refractivity (Wildman–Crippen MR) is 63.4 cm³/mol. The molecule has 0 fully saturated rings. The zero-order valence-corrected chi connectivity index (χ0v) is 9.23.